The van der Waals surface area contributed by atoms with Gasteiger partial charge >= 0.3 is 0 Å². The zero-order valence-corrected chi connectivity index (χ0v) is 12.9. The van der Waals surface area contributed by atoms with Crippen LogP contribution in [0.25, 0.3) is 0 Å². The Kier molecular flexibility index (Phi) is 3.27. The minimum atomic E-state index is -1.000. The standard InChI is InChI=1S/C13H19ISi/c1-10-7-13(15(2,3)9-10)11-5-4-6-12(14)8-11/h4-6,8,10,13H,7,9H2,1-3H3. The van der Waals surface area contributed by atoms with Crippen molar-refractivity contribution in [3.8, 4) is 0 Å². The van der Waals surface area contributed by atoms with Gasteiger partial charge in [-0.2, -0.15) is 0 Å². The molecule has 0 aliphatic carbocycles. The molecule has 0 radical (unpaired) electrons. The second kappa shape index (κ2) is 4.21. The summed E-state index contributed by atoms with van der Waals surface area (Å²) in [4.78, 5) is 0. The first-order chi connectivity index (χ1) is 6.99. The van der Waals surface area contributed by atoms with Gasteiger partial charge in [0.25, 0.3) is 0 Å². The van der Waals surface area contributed by atoms with Crippen molar-refractivity contribution in [2.24, 2.45) is 5.92 Å². The smallest absolute Gasteiger partial charge is 0.0554 e. The van der Waals surface area contributed by atoms with Gasteiger partial charge in [-0.05, 0) is 58.2 Å². The maximum absolute atomic E-state index is 2.56. The van der Waals surface area contributed by atoms with Crippen LogP contribution in [0.1, 0.15) is 24.4 Å². The normalized spacial score (nSPS) is 29.3. The second-order valence-corrected chi connectivity index (χ2v) is 12.0. The third kappa shape index (κ3) is 2.47. The third-order valence-electron chi connectivity index (χ3n) is 3.71. The molecule has 82 valence electrons. The van der Waals surface area contributed by atoms with Crippen LogP contribution in [0.5, 0.6) is 0 Å². The maximum Gasteiger partial charge on any atom is 0.0554 e. The number of hydrogen-bond acceptors (Lipinski definition) is 0. The SMILES string of the molecule is CC1CC(c2cccc(I)c2)[Si](C)(C)C1. The van der Waals surface area contributed by atoms with E-state index in [1.165, 1.54) is 16.0 Å². The van der Waals surface area contributed by atoms with Crippen LogP contribution in [0, 0.1) is 9.49 Å². The lowest BCUT2D eigenvalue weighted by molar-refractivity contribution is 0.616. The van der Waals surface area contributed by atoms with Crippen LogP contribution in [-0.4, -0.2) is 8.07 Å². The molecule has 1 aromatic rings. The van der Waals surface area contributed by atoms with Gasteiger partial charge in [-0.25, -0.2) is 0 Å². The molecular weight excluding hydrogens is 311 g/mol. The van der Waals surface area contributed by atoms with Crippen LogP contribution < -0.4 is 0 Å². The lowest BCUT2D eigenvalue weighted by Gasteiger charge is -2.25. The summed E-state index contributed by atoms with van der Waals surface area (Å²) in [6.07, 6.45) is 1.42. The van der Waals surface area contributed by atoms with Crippen molar-refractivity contribution >= 4 is 30.7 Å². The highest BCUT2D eigenvalue weighted by atomic mass is 127. The first-order valence-corrected chi connectivity index (χ1v) is 10.1. The maximum atomic E-state index is 2.56. The summed E-state index contributed by atoms with van der Waals surface area (Å²) in [5.41, 5.74) is 2.49. The largest absolute Gasteiger partial charge is 0.0689 e. The van der Waals surface area contributed by atoms with Gasteiger partial charge in [-0.3, -0.25) is 0 Å². The highest BCUT2D eigenvalue weighted by molar-refractivity contribution is 14.1. The van der Waals surface area contributed by atoms with Gasteiger partial charge in [-0.1, -0.05) is 38.2 Å². The lowest BCUT2D eigenvalue weighted by atomic mass is 10.0. The van der Waals surface area contributed by atoms with Crippen LogP contribution in [-0.2, 0) is 0 Å². The summed E-state index contributed by atoms with van der Waals surface area (Å²) < 4.78 is 1.38. The predicted octanol–water partition coefficient (Wildman–Crippen LogP) is 4.66. The Balaban J connectivity index is 2.31. The summed E-state index contributed by atoms with van der Waals surface area (Å²) in [5, 5.41) is 0. The van der Waals surface area contributed by atoms with Gasteiger partial charge in [0.05, 0.1) is 8.07 Å². The van der Waals surface area contributed by atoms with E-state index in [2.05, 4.69) is 66.9 Å². The van der Waals surface area contributed by atoms with Crippen LogP contribution in [0.4, 0.5) is 0 Å². The van der Waals surface area contributed by atoms with Crippen molar-refractivity contribution in [1.82, 2.24) is 0 Å². The zero-order valence-electron chi connectivity index (χ0n) is 9.76. The second-order valence-electron chi connectivity index (χ2n) is 5.64. The molecule has 1 aromatic carbocycles. The molecular formula is C13H19ISi. The third-order valence-corrected chi connectivity index (χ3v) is 8.58. The van der Waals surface area contributed by atoms with E-state index < -0.39 is 8.07 Å². The topological polar surface area (TPSA) is 0 Å². The molecule has 1 aliphatic rings. The molecule has 1 aliphatic heterocycles. The average molecular weight is 330 g/mol. The fourth-order valence-electron chi connectivity index (χ4n) is 3.16. The van der Waals surface area contributed by atoms with E-state index in [0.717, 1.165) is 11.5 Å². The van der Waals surface area contributed by atoms with Crippen molar-refractivity contribution in [3.63, 3.8) is 0 Å². The summed E-state index contributed by atoms with van der Waals surface area (Å²) in [6.45, 7) is 7.53. The summed E-state index contributed by atoms with van der Waals surface area (Å²) in [7, 11) is -1.000. The van der Waals surface area contributed by atoms with Gasteiger partial charge in [-0.15, -0.1) is 0 Å². The van der Waals surface area contributed by atoms with Crippen molar-refractivity contribution in [2.45, 2.75) is 38.0 Å². The molecule has 0 aromatic heterocycles. The molecule has 15 heavy (non-hydrogen) atoms. The fourth-order valence-corrected chi connectivity index (χ4v) is 8.09. The van der Waals surface area contributed by atoms with E-state index in [-0.39, 0.29) is 0 Å². The highest BCUT2D eigenvalue weighted by Crippen LogP contribution is 2.45. The summed E-state index contributed by atoms with van der Waals surface area (Å²) in [6, 6.07) is 10.6. The Labute approximate surface area is 108 Å². The number of benzene rings is 1. The van der Waals surface area contributed by atoms with Crippen LogP contribution in [0.3, 0.4) is 0 Å². The van der Waals surface area contributed by atoms with Crippen LogP contribution >= 0.6 is 22.6 Å². The Morgan fingerprint density at radius 1 is 1.33 bits per heavy atom. The van der Waals surface area contributed by atoms with E-state index in [9.17, 15) is 0 Å². The molecule has 1 heterocycles. The molecule has 2 unspecified atom stereocenters. The fraction of sp³-hybridized carbons (Fsp3) is 0.538. The first-order valence-electron chi connectivity index (χ1n) is 5.74. The van der Waals surface area contributed by atoms with Gasteiger partial charge < -0.3 is 0 Å². The summed E-state index contributed by atoms with van der Waals surface area (Å²) in [5.74, 6) is 0.939. The van der Waals surface area contributed by atoms with Crippen LogP contribution in [0.15, 0.2) is 24.3 Å². The molecule has 0 spiro atoms. The Hall–Kier alpha value is 0.167. The van der Waals surface area contributed by atoms with Gasteiger partial charge in [0.2, 0.25) is 0 Å². The predicted molar refractivity (Wildman–Crippen MR) is 78.0 cm³/mol. The Morgan fingerprint density at radius 3 is 2.60 bits per heavy atom. The molecule has 2 rings (SSSR count). The monoisotopic (exact) mass is 330 g/mol. The Morgan fingerprint density at radius 2 is 2.07 bits per heavy atom. The highest BCUT2D eigenvalue weighted by Gasteiger charge is 2.40. The van der Waals surface area contributed by atoms with Gasteiger partial charge in [0.1, 0.15) is 0 Å². The van der Waals surface area contributed by atoms with Gasteiger partial charge in [0, 0.05) is 3.57 Å². The van der Waals surface area contributed by atoms with Crippen molar-refractivity contribution in [1.29, 1.82) is 0 Å². The molecule has 0 amide bonds. The number of hydrogen-bond donors (Lipinski definition) is 0. The van der Waals surface area contributed by atoms with Gasteiger partial charge in [0.15, 0.2) is 0 Å². The molecule has 2 atom stereocenters. The Bertz CT molecular complexity index is 359. The quantitative estimate of drug-likeness (QED) is 0.519. The molecule has 0 bridgehead atoms. The minimum absolute atomic E-state index is 0.891. The van der Waals surface area contributed by atoms with Crippen molar-refractivity contribution in [2.75, 3.05) is 0 Å². The molecule has 0 N–H and O–H groups in total. The molecule has 1 fully saturated rings. The average Bonchev–Trinajstić information content (AvgIpc) is 2.39. The van der Waals surface area contributed by atoms with E-state index in [1.54, 1.807) is 5.56 Å². The molecule has 0 nitrogen and oxygen atoms in total. The lowest BCUT2D eigenvalue weighted by Crippen LogP contribution is -2.29. The van der Waals surface area contributed by atoms with E-state index in [4.69, 9.17) is 0 Å². The first kappa shape index (κ1) is 11.6. The minimum Gasteiger partial charge on any atom is -0.0689 e. The van der Waals surface area contributed by atoms with Crippen molar-refractivity contribution < 1.29 is 0 Å². The number of rotatable bonds is 1. The van der Waals surface area contributed by atoms with Crippen molar-refractivity contribution in [3.05, 3.63) is 33.4 Å². The number of halogens is 1. The van der Waals surface area contributed by atoms with E-state index in [1.807, 2.05) is 0 Å². The molecule has 2 heteroatoms. The molecule has 1 saturated heterocycles. The zero-order chi connectivity index (χ0) is 11.1. The molecule has 0 saturated carbocycles. The van der Waals surface area contributed by atoms with E-state index in [0.29, 0.717) is 0 Å². The summed E-state index contributed by atoms with van der Waals surface area (Å²) >= 11 is 2.42. The van der Waals surface area contributed by atoms with E-state index >= 15 is 0 Å². The van der Waals surface area contributed by atoms with Crippen LogP contribution in [0.2, 0.25) is 19.1 Å².